The number of rotatable bonds is 3. The molecule has 4 amide bonds. The van der Waals surface area contributed by atoms with Crippen molar-refractivity contribution in [3.8, 4) is 11.8 Å². The average molecular weight is 499 g/mol. The summed E-state index contributed by atoms with van der Waals surface area (Å²) in [7, 11) is 2.10. The van der Waals surface area contributed by atoms with Gasteiger partial charge in [-0.25, -0.2) is 4.79 Å². The molecular weight excluding hydrogens is 468 g/mol. The normalized spacial score (nSPS) is 21.6. The zero-order valence-corrected chi connectivity index (χ0v) is 21.1. The fourth-order valence-corrected chi connectivity index (χ4v) is 4.96. The average Bonchev–Trinajstić information content (AvgIpc) is 3.21. The molecule has 3 aliphatic rings. The first kappa shape index (κ1) is 24.5. The number of urea groups is 1. The summed E-state index contributed by atoms with van der Waals surface area (Å²) in [6, 6.07) is 12.4. The number of carbonyl (C=O) groups excluding carboxylic acids is 3. The molecule has 0 radical (unpaired) electrons. The van der Waals surface area contributed by atoms with Crippen LogP contribution in [0.5, 0.6) is 0 Å². The fourth-order valence-electron chi connectivity index (χ4n) is 4.96. The smallest absolute Gasteiger partial charge is 0.323 e. The Balaban J connectivity index is 1.34. The molecule has 190 valence electrons. The van der Waals surface area contributed by atoms with Gasteiger partial charge in [-0.05, 0) is 50.7 Å². The summed E-state index contributed by atoms with van der Waals surface area (Å²) in [5.41, 5.74) is 2.38. The van der Waals surface area contributed by atoms with Gasteiger partial charge in [-0.15, -0.1) is 0 Å². The van der Waals surface area contributed by atoms with Gasteiger partial charge in [0.25, 0.3) is 11.8 Å². The molecule has 3 N–H and O–H groups in total. The highest BCUT2D eigenvalue weighted by atomic mass is 16.2. The Hall–Kier alpha value is -4.16. The Labute approximate surface area is 216 Å². The van der Waals surface area contributed by atoms with Crippen LogP contribution in [0.25, 0.3) is 0 Å². The van der Waals surface area contributed by atoms with Crippen LogP contribution in [0.15, 0.2) is 42.5 Å². The lowest BCUT2D eigenvalue weighted by Gasteiger charge is -2.26. The summed E-state index contributed by atoms with van der Waals surface area (Å²) in [4.78, 5) is 43.8. The first-order chi connectivity index (χ1) is 17.7. The Morgan fingerprint density at radius 1 is 1.05 bits per heavy atom. The molecule has 1 unspecified atom stereocenters. The predicted octanol–water partition coefficient (Wildman–Crippen LogP) is 1.54. The van der Waals surface area contributed by atoms with E-state index < -0.39 is 17.5 Å². The number of hydrogen-bond acceptors (Lipinski definition) is 5. The maximum Gasteiger partial charge on any atom is 0.323 e. The molecule has 2 aromatic carbocycles. The van der Waals surface area contributed by atoms with Crippen LogP contribution in [0, 0.1) is 24.2 Å². The topological polar surface area (TPSA) is 109 Å². The molecule has 3 heterocycles. The third-order valence-corrected chi connectivity index (χ3v) is 7.13. The first-order valence-corrected chi connectivity index (χ1v) is 12.4. The Kier molecular flexibility index (Phi) is 6.44. The summed E-state index contributed by atoms with van der Waals surface area (Å²) >= 11 is 0. The summed E-state index contributed by atoms with van der Waals surface area (Å²) in [5, 5.41) is 13.5. The van der Waals surface area contributed by atoms with Crippen molar-refractivity contribution >= 4 is 23.7 Å². The summed E-state index contributed by atoms with van der Waals surface area (Å²) in [6.45, 7) is 5.83. The highest BCUT2D eigenvalue weighted by Crippen LogP contribution is 2.26. The fraction of sp³-hybridized carbons (Fsp3) is 0.357. The standard InChI is InChI=1S/C28H30N6O3/c1-19-4-7-22-17-34(25(35)23(22)16-19)18-28(26(36)30-27(37)31-28)11-10-20-5-8-21(9-6-20)24(29)33-13-3-12-32(2)14-15-33/h4-9,16,29H,3,12-15,17-18H2,1-2H3,(H2,30,31,36,37). The maximum absolute atomic E-state index is 13.0. The van der Waals surface area contributed by atoms with E-state index in [-0.39, 0.29) is 12.5 Å². The van der Waals surface area contributed by atoms with E-state index in [0.717, 1.165) is 49.3 Å². The van der Waals surface area contributed by atoms with Crippen LogP contribution >= 0.6 is 0 Å². The number of aryl methyl sites for hydroxylation is 1. The highest BCUT2D eigenvalue weighted by molar-refractivity contribution is 6.10. The molecule has 0 aromatic heterocycles. The van der Waals surface area contributed by atoms with Gasteiger partial charge < -0.3 is 20.0 Å². The number of amidine groups is 1. The second-order valence-electron chi connectivity index (χ2n) is 9.96. The van der Waals surface area contributed by atoms with Crippen LogP contribution in [0.4, 0.5) is 4.79 Å². The number of hydrogen-bond donors (Lipinski definition) is 3. The second kappa shape index (κ2) is 9.71. The van der Waals surface area contributed by atoms with Crippen LogP contribution in [0.1, 0.15) is 39.0 Å². The number of benzene rings is 2. The lowest BCUT2D eigenvalue weighted by Crippen LogP contribution is -2.54. The van der Waals surface area contributed by atoms with Crippen molar-refractivity contribution in [1.29, 1.82) is 5.41 Å². The molecule has 9 nitrogen and oxygen atoms in total. The van der Waals surface area contributed by atoms with Gasteiger partial charge >= 0.3 is 6.03 Å². The van der Waals surface area contributed by atoms with Crippen LogP contribution < -0.4 is 10.6 Å². The Morgan fingerprint density at radius 2 is 1.84 bits per heavy atom. The molecule has 37 heavy (non-hydrogen) atoms. The number of imide groups is 1. The molecule has 9 heteroatoms. The lowest BCUT2D eigenvalue weighted by atomic mass is 9.99. The van der Waals surface area contributed by atoms with Crippen molar-refractivity contribution in [2.75, 3.05) is 39.8 Å². The molecule has 0 saturated carbocycles. The first-order valence-electron chi connectivity index (χ1n) is 12.4. The summed E-state index contributed by atoms with van der Waals surface area (Å²) in [5.74, 6) is 5.67. The van der Waals surface area contributed by atoms with E-state index in [2.05, 4.69) is 39.3 Å². The predicted molar refractivity (Wildman–Crippen MR) is 139 cm³/mol. The van der Waals surface area contributed by atoms with Crippen molar-refractivity contribution in [2.24, 2.45) is 0 Å². The van der Waals surface area contributed by atoms with Crippen molar-refractivity contribution in [3.63, 3.8) is 0 Å². The van der Waals surface area contributed by atoms with Gasteiger partial charge in [0, 0.05) is 42.9 Å². The van der Waals surface area contributed by atoms with Crippen LogP contribution in [-0.2, 0) is 11.3 Å². The van der Waals surface area contributed by atoms with Gasteiger partial charge in [-0.1, -0.05) is 41.7 Å². The van der Waals surface area contributed by atoms with Crippen molar-refractivity contribution in [2.45, 2.75) is 25.4 Å². The number of nitrogens with zero attached hydrogens (tertiary/aromatic N) is 3. The van der Waals surface area contributed by atoms with Gasteiger partial charge in [-0.2, -0.15) is 0 Å². The molecule has 0 aliphatic carbocycles. The zero-order valence-electron chi connectivity index (χ0n) is 21.1. The van der Waals surface area contributed by atoms with Gasteiger partial charge in [-0.3, -0.25) is 20.3 Å². The van der Waals surface area contributed by atoms with E-state index in [4.69, 9.17) is 5.41 Å². The molecule has 2 aromatic rings. The minimum atomic E-state index is -1.55. The molecule has 1 atom stereocenters. The van der Waals surface area contributed by atoms with Gasteiger partial charge in [0.15, 0.2) is 0 Å². The monoisotopic (exact) mass is 498 g/mol. The minimum Gasteiger partial charge on any atom is -0.355 e. The summed E-state index contributed by atoms with van der Waals surface area (Å²) < 4.78 is 0. The number of carbonyl (C=O) groups is 3. The van der Waals surface area contributed by atoms with E-state index in [1.54, 1.807) is 4.90 Å². The number of likely N-dealkylation sites (N-methyl/N-ethyl adjacent to an activating group) is 1. The minimum absolute atomic E-state index is 0.0593. The van der Waals surface area contributed by atoms with Crippen molar-refractivity contribution < 1.29 is 14.4 Å². The Morgan fingerprint density at radius 3 is 2.57 bits per heavy atom. The van der Waals surface area contributed by atoms with Gasteiger partial charge in [0.1, 0.15) is 5.84 Å². The summed E-state index contributed by atoms with van der Waals surface area (Å²) in [6.07, 6.45) is 1.02. The van der Waals surface area contributed by atoms with Gasteiger partial charge in [0.05, 0.1) is 6.54 Å². The van der Waals surface area contributed by atoms with Crippen LogP contribution in [0.2, 0.25) is 0 Å². The van der Waals surface area contributed by atoms with Crippen LogP contribution in [-0.4, -0.2) is 83.7 Å². The quantitative estimate of drug-likeness (QED) is 0.258. The molecule has 2 fully saturated rings. The maximum atomic E-state index is 13.0. The zero-order chi connectivity index (χ0) is 26.2. The Bertz CT molecular complexity index is 1340. The third kappa shape index (κ3) is 4.93. The van der Waals surface area contributed by atoms with E-state index >= 15 is 0 Å². The number of fused-ring (bicyclic) bond motifs is 1. The van der Waals surface area contributed by atoms with E-state index in [1.165, 1.54) is 0 Å². The SMILES string of the molecule is Cc1ccc2c(c1)C(=O)N(CC1(C#Cc3ccc(C(=N)N4CCCN(C)CC4)cc3)NC(=O)NC1=O)C2. The third-order valence-electron chi connectivity index (χ3n) is 7.13. The molecule has 5 rings (SSSR count). The van der Waals surface area contributed by atoms with E-state index in [1.807, 2.05) is 49.4 Å². The molecule has 3 aliphatic heterocycles. The van der Waals surface area contributed by atoms with Crippen LogP contribution in [0.3, 0.4) is 0 Å². The largest absolute Gasteiger partial charge is 0.355 e. The molecular formula is C28H30N6O3. The molecule has 0 bridgehead atoms. The van der Waals surface area contributed by atoms with E-state index in [9.17, 15) is 14.4 Å². The van der Waals surface area contributed by atoms with Gasteiger partial charge in [0.2, 0.25) is 5.54 Å². The number of nitrogens with one attached hydrogen (secondary N) is 3. The van der Waals surface area contributed by atoms with Crippen molar-refractivity contribution in [3.05, 3.63) is 70.3 Å². The molecule has 2 saturated heterocycles. The lowest BCUT2D eigenvalue weighted by molar-refractivity contribution is -0.122. The van der Waals surface area contributed by atoms with E-state index in [0.29, 0.717) is 23.5 Å². The highest BCUT2D eigenvalue weighted by Gasteiger charge is 2.48. The van der Waals surface area contributed by atoms with Crippen molar-refractivity contribution in [1.82, 2.24) is 25.3 Å². The second-order valence-corrected chi connectivity index (χ2v) is 9.96. The number of amides is 4. The molecule has 0 spiro atoms.